The van der Waals surface area contributed by atoms with E-state index in [1.54, 1.807) is 24.3 Å². The first-order chi connectivity index (χ1) is 11.6. The van der Waals surface area contributed by atoms with E-state index in [1.165, 1.54) is 22.3 Å². The van der Waals surface area contributed by atoms with Crippen LogP contribution in [0.4, 0.5) is 0 Å². The van der Waals surface area contributed by atoms with Gasteiger partial charge >= 0.3 is 22.1 Å². The number of nitrogens with one attached hydrogen (secondary N) is 1. The number of carbonyl (C=O) groups is 2. The normalized spacial score (nSPS) is 9.62. The van der Waals surface area contributed by atoms with Crippen LogP contribution in [-0.2, 0) is 9.45 Å². The maximum Gasteiger partial charge on any atom is 0.326 e. The predicted octanol–water partition coefficient (Wildman–Crippen LogP) is -0.632. The lowest BCUT2D eigenvalue weighted by Crippen LogP contribution is -2.31. The van der Waals surface area contributed by atoms with Crippen molar-refractivity contribution in [3.05, 3.63) is 47.8 Å². The summed E-state index contributed by atoms with van der Waals surface area (Å²) in [5.41, 5.74) is 2.06. The topological polar surface area (TPSA) is 101 Å². The summed E-state index contributed by atoms with van der Waals surface area (Å²) in [7, 11) is 2.65. The summed E-state index contributed by atoms with van der Waals surface area (Å²) >= 11 is 0. The minimum Gasteiger partial charge on any atom is -0.566 e. The van der Waals surface area contributed by atoms with Gasteiger partial charge in [-0.1, -0.05) is 12.1 Å². The van der Waals surface area contributed by atoms with Crippen molar-refractivity contribution in [3.8, 4) is 22.9 Å². The Morgan fingerprint density at radius 1 is 1.25 bits per heavy atom. The SMILES string of the molecule is BOC(=O)CNC(=O)c1ncc(-c2cccc(C#N)c2)cc1OB. The van der Waals surface area contributed by atoms with Crippen molar-refractivity contribution in [1.29, 1.82) is 5.26 Å². The van der Waals surface area contributed by atoms with Gasteiger partial charge in [-0.25, -0.2) is 4.98 Å². The van der Waals surface area contributed by atoms with Gasteiger partial charge in [-0.05, 0) is 23.8 Å². The summed E-state index contributed by atoms with van der Waals surface area (Å²) in [5.74, 6) is -0.848. The Balaban J connectivity index is 2.28. The monoisotopic (exact) mass is 321 g/mol. The number of hydrogen-bond acceptors (Lipinski definition) is 6. The summed E-state index contributed by atoms with van der Waals surface area (Å²) < 4.78 is 9.67. The zero-order chi connectivity index (χ0) is 17.5. The van der Waals surface area contributed by atoms with Gasteiger partial charge in [0.1, 0.15) is 12.3 Å². The van der Waals surface area contributed by atoms with E-state index >= 15 is 0 Å². The van der Waals surface area contributed by atoms with Crippen molar-refractivity contribution in [2.24, 2.45) is 0 Å². The smallest absolute Gasteiger partial charge is 0.326 e. The molecule has 9 heteroatoms. The number of aromatic nitrogens is 1. The van der Waals surface area contributed by atoms with Gasteiger partial charge in [0.15, 0.2) is 5.69 Å². The number of amides is 1. The molecule has 1 aromatic carbocycles. The molecule has 0 aliphatic heterocycles. The van der Waals surface area contributed by atoms with E-state index in [0.717, 1.165) is 5.56 Å². The van der Waals surface area contributed by atoms with Gasteiger partial charge in [-0.15, -0.1) is 0 Å². The molecule has 0 aliphatic rings. The fourth-order valence-electron chi connectivity index (χ4n) is 2.01. The number of benzene rings is 1. The molecule has 118 valence electrons. The van der Waals surface area contributed by atoms with Crippen molar-refractivity contribution >= 4 is 28.0 Å². The molecule has 0 saturated heterocycles. The van der Waals surface area contributed by atoms with E-state index in [9.17, 15) is 9.59 Å². The van der Waals surface area contributed by atoms with Crippen LogP contribution >= 0.6 is 0 Å². The fraction of sp³-hybridized carbons (Fsp3) is 0.0667. The minimum atomic E-state index is -0.563. The first-order valence-electron chi connectivity index (χ1n) is 6.98. The highest BCUT2D eigenvalue weighted by Crippen LogP contribution is 2.26. The number of nitrogens with zero attached hydrogens (tertiary/aromatic N) is 2. The third kappa shape index (κ3) is 3.93. The Bertz CT molecular complexity index is 821. The van der Waals surface area contributed by atoms with Crippen molar-refractivity contribution in [1.82, 2.24) is 10.3 Å². The van der Waals surface area contributed by atoms with E-state index in [0.29, 0.717) is 11.1 Å². The van der Waals surface area contributed by atoms with Gasteiger partial charge in [-0.2, -0.15) is 5.26 Å². The largest absolute Gasteiger partial charge is 0.566 e. The maximum absolute atomic E-state index is 12.1. The number of carbonyl (C=O) groups excluding carboxylic acids is 2. The molecule has 0 aliphatic carbocycles. The highest BCUT2D eigenvalue weighted by molar-refractivity contribution is 6.06. The Morgan fingerprint density at radius 3 is 2.71 bits per heavy atom. The van der Waals surface area contributed by atoms with Gasteiger partial charge in [0.05, 0.1) is 11.6 Å². The molecule has 0 atom stereocenters. The van der Waals surface area contributed by atoms with Crippen LogP contribution in [0.1, 0.15) is 16.1 Å². The summed E-state index contributed by atoms with van der Waals surface area (Å²) in [5, 5.41) is 11.4. The third-order valence-electron chi connectivity index (χ3n) is 3.23. The molecule has 2 aromatic rings. The molecule has 0 fully saturated rings. The molecule has 0 radical (unpaired) electrons. The quantitative estimate of drug-likeness (QED) is 0.736. The van der Waals surface area contributed by atoms with Crippen molar-refractivity contribution < 1.29 is 18.9 Å². The van der Waals surface area contributed by atoms with Crippen LogP contribution < -0.4 is 9.97 Å². The van der Waals surface area contributed by atoms with Crippen molar-refractivity contribution in [2.75, 3.05) is 6.54 Å². The molecular weight excluding hydrogens is 308 g/mol. The lowest BCUT2D eigenvalue weighted by molar-refractivity contribution is -0.132. The first-order valence-corrected chi connectivity index (χ1v) is 6.98. The average Bonchev–Trinajstić information content (AvgIpc) is 2.65. The second kappa shape index (κ2) is 7.83. The maximum atomic E-state index is 12.1. The lowest BCUT2D eigenvalue weighted by Gasteiger charge is -2.11. The lowest BCUT2D eigenvalue weighted by atomic mass is 10.0. The molecular formula is C15H13B2N3O4. The third-order valence-corrected chi connectivity index (χ3v) is 3.23. The van der Waals surface area contributed by atoms with Crippen LogP contribution in [0.2, 0.25) is 0 Å². The summed E-state index contributed by atoms with van der Waals surface area (Å²) in [6.45, 7) is -0.258. The van der Waals surface area contributed by atoms with Gasteiger partial charge in [0.2, 0.25) is 0 Å². The van der Waals surface area contributed by atoms with Gasteiger partial charge in [-0.3, -0.25) is 9.59 Å². The van der Waals surface area contributed by atoms with Gasteiger partial charge < -0.3 is 14.6 Å². The first kappa shape index (κ1) is 17.1. The van der Waals surface area contributed by atoms with Crippen LogP contribution in [0, 0.1) is 11.3 Å². The van der Waals surface area contributed by atoms with Gasteiger partial charge in [0.25, 0.3) is 5.91 Å². The molecule has 0 spiro atoms. The molecule has 1 N–H and O–H groups in total. The minimum absolute atomic E-state index is 0.0570. The Labute approximate surface area is 140 Å². The fourth-order valence-corrected chi connectivity index (χ4v) is 2.01. The summed E-state index contributed by atoms with van der Waals surface area (Å²) in [6, 6.07) is 10.7. The average molecular weight is 321 g/mol. The number of rotatable bonds is 5. The van der Waals surface area contributed by atoms with E-state index in [4.69, 9.17) is 9.92 Å². The molecule has 7 nitrogen and oxygen atoms in total. The van der Waals surface area contributed by atoms with Crippen molar-refractivity contribution in [3.63, 3.8) is 0 Å². The highest BCUT2D eigenvalue weighted by Gasteiger charge is 2.16. The molecule has 0 saturated carbocycles. The van der Waals surface area contributed by atoms with Crippen molar-refractivity contribution in [2.45, 2.75) is 0 Å². The Hall–Kier alpha value is -3.27. The molecule has 1 aromatic heterocycles. The van der Waals surface area contributed by atoms with Crippen LogP contribution in [0.25, 0.3) is 11.1 Å². The Morgan fingerprint density at radius 2 is 2.04 bits per heavy atom. The Kier molecular flexibility index (Phi) is 5.58. The van der Waals surface area contributed by atoms with Crippen LogP contribution in [0.5, 0.6) is 5.75 Å². The molecule has 0 bridgehead atoms. The molecule has 2 rings (SSSR count). The van der Waals surface area contributed by atoms with E-state index in [1.807, 2.05) is 6.07 Å². The van der Waals surface area contributed by atoms with E-state index < -0.39 is 11.9 Å². The number of hydrogen-bond donors (Lipinski definition) is 1. The second-order valence-electron chi connectivity index (χ2n) is 4.73. The molecule has 1 heterocycles. The number of nitriles is 1. The van der Waals surface area contributed by atoms with Crippen LogP contribution in [0.15, 0.2) is 36.5 Å². The second-order valence-corrected chi connectivity index (χ2v) is 4.73. The van der Waals surface area contributed by atoms with Gasteiger partial charge in [0, 0.05) is 11.8 Å². The molecule has 1 amide bonds. The van der Waals surface area contributed by atoms with E-state index in [2.05, 4.69) is 21.0 Å². The summed E-state index contributed by atoms with van der Waals surface area (Å²) in [6.07, 6.45) is 1.51. The molecule has 0 unspecified atom stereocenters. The molecule has 24 heavy (non-hydrogen) atoms. The summed E-state index contributed by atoms with van der Waals surface area (Å²) in [4.78, 5) is 27.3. The zero-order valence-electron chi connectivity index (χ0n) is 13.2. The van der Waals surface area contributed by atoms with Crippen LogP contribution in [0.3, 0.4) is 0 Å². The highest BCUT2D eigenvalue weighted by atomic mass is 16.5. The predicted molar refractivity (Wildman–Crippen MR) is 90.5 cm³/mol. The zero-order valence-corrected chi connectivity index (χ0v) is 13.2. The van der Waals surface area contributed by atoms with Crippen LogP contribution in [-0.4, -0.2) is 39.5 Å². The number of pyridine rings is 1. The van der Waals surface area contributed by atoms with E-state index in [-0.39, 0.29) is 18.0 Å². The standard InChI is InChI=1S/C15H13B2N3O4/c16-23-12-5-11(10-3-1-2-9(4-10)6-18)7-19-14(12)15(22)20-8-13(21)24-17/h1-5,7H,8,16-17H2,(H,20,22).